The molecule has 0 N–H and O–H groups in total. The number of ether oxygens (including phenoxy) is 1. The second-order valence-corrected chi connectivity index (χ2v) is 5.11. The Balaban J connectivity index is 2.21. The fraction of sp³-hybridized carbons (Fsp3) is 0.200. The van der Waals surface area contributed by atoms with E-state index in [-0.39, 0.29) is 10.6 Å². The van der Waals surface area contributed by atoms with Crippen molar-refractivity contribution in [3.05, 3.63) is 65.5 Å². The van der Waals surface area contributed by atoms with E-state index in [9.17, 15) is 4.39 Å². The van der Waals surface area contributed by atoms with Gasteiger partial charge in [-0.05, 0) is 24.1 Å². The molecule has 18 heavy (non-hydrogen) atoms. The van der Waals surface area contributed by atoms with E-state index in [1.807, 2.05) is 30.3 Å². The molecule has 0 saturated carbocycles. The highest BCUT2D eigenvalue weighted by molar-refractivity contribution is 9.09. The molecule has 0 aromatic heterocycles. The van der Waals surface area contributed by atoms with E-state index >= 15 is 0 Å². The number of alkyl halides is 1. The van der Waals surface area contributed by atoms with E-state index in [0.717, 1.165) is 11.3 Å². The standard InChI is InChI=1S/C15H14BrFO/c1-18-15-9-5-2-6-11(15)10-13(16)12-7-3-4-8-14(12)17/h2-9,13H,10H2,1H3. The van der Waals surface area contributed by atoms with Gasteiger partial charge >= 0.3 is 0 Å². The van der Waals surface area contributed by atoms with Crippen LogP contribution in [-0.4, -0.2) is 7.11 Å². The summed E-state index contributed by atoms with van der Waals surface area (Å²) in [5.41, 5.74) is 1.73. The lowest BCUT2D eigenvalue weighted by Crippen LogP contribution is -2.00. The lowest BCUT2D eigenvalue weighted by Gasteiger charge is -2.13. The van der Waals surface area contributed by atoms with Crippen molar-refractivity contribution in [1.82, 2.24) is 0 Å². The van der Waals surface area contributed by atoms with Gasteiger partial charge in [0, 0.05) is 10.4 Å². The van der Waals surface area contributed by atoms with Crippen LogP contribution in [0.5, 0.6) is 5.75 Å². The van der Waals surface area contributed by atoms with Crippen LogP contribution in [-0.2, 0) is 6.42 Å². The highest BCUT2D eigenvalue weighted by atomic mass is 79.9. The molecular weight excluding hydrogens is 295 g/mol. The van der Waals surface area contributed by atoms with E-state index in [2.05, 4.69) is 15.9 Å². The predicted octanol–water partition coefficient (Wildman–Crippen LogP) is 4.51. The van der Waals surface area contributed by atoms with E-state index in [1.54, 1.807) is 19.2 Å². The van der Waals surface area contributed by atoms with Crippen LogP contribution in [0.25, 0.3) is 0 Å². The highest BCUT2D eigenvalue weighted by Crippen LogP contribution is 2.31. The average Bonchev–Trinajstić information content (AvgIpc) is 2.39. The summed E-state index contributed by atoms with van der Waals surface area (Å²) in [7, 11) is 1.64. The quantitative estimate of drug-likeness (QED) is 0.755. The van der Waals surface area contributed by atoms with Crippen LogP contribution in [0.1, 0.15) is 16.0 Å². The van der Waals surface area contributed by atoms with Crippen molar-refractivity contribution in [3.63, 3.8) is 0 Å². The van der Waals surface area contributed by atoms with Gasteiger partial charge in [-0.15, -0.1) is 0 Å². The molecule has 0 saturated heterocycles. The summed E-state index contributed by atoms with van der Waals surface area (Å²) in [6.45, 7) is 0. The van der Waals surface area contributed by atoms with Gasteiger partial charge in [-0.1, -0.05) is 52.3 Å². The number of halogens is 2. The summed E-state index contributed by atoms with van der Waals surface area (Å²) in [6.07, 6.45) is 0.685. The molecule has 0 bridgehead atoms. The lowest BCUT2D eigenvalue weighted by molar-refractivity contribution is 0.409. The Bertz CT molecular complexity index is 527. The molecule has 1 atom stereocenters. The van der Waals surface area contributed by atoms with Crippen molar-refractivity contribution >= 4 is 15.9 Å². The van der Waals surface area contributed by atoms with Crippen LogP contribution in [0.2, 0.25) is 0 Å². The first-order valence-electron chi connectivity index (χ1n) is 5.72. The number of hydrogen-bond donors (Lipinski definition) is 0. The third kappa shape index (κ3) is 2.91. The van der Waals surface area contributed by atoms with Crippen molar-refractivity contribution in [2.24, 2.45) is 0 Å². The average molecular weight is 309 g/mol. The Labute approximate surface area is 115 Å². The fourth-order valence-corrected chi connectivity index (χ4v) is 2.62. The molecule has 1 unspecified atom stereocenters. The van der Waals surface area contributed by atoms with Crippen molar-refractivity contribution in [2.45, 2.75) is 11.2 Å². The molecular formula is C15H14BrFO. The zero-order valence-electron chi connectivity index (χ0n) is 10.1. The molecule has 0 aliphatic rings. The first kappa shape index (κ1) is 13.1. The Hall–Kier alpha value is -1.35. The molecule has 0 aliphatic heterocycles. The van der Waals surface area contributed by atoms with Crippen LogP contribution in [0.3, 0.4) is 0 Å². The molecule has 94 valence electrons. The second kappa shape index (κ2) is 6.01. The second-order valence-electron chi connectivity index (χ2n) is 4.01. The molecule has 0 aliphatic carbocycles. The molecule has 0 fully saturated rings. The van der Waals surface area contributed by atoms with Crippen LogP contribution >= 0.6 is 15.9 Å². The largest absolute Gasteiger partial charge is 0.496 e. The Morgan fingerprint density at radius 1 is 1.11 bits per heavy atom. The van der Waals surface area contributed by atoms with Gasteiger partial charge in [-0.2, -0.15) is 0 Å². The van der Waals surface area contributed by atoms with Crippen molar-refractivity contribution < 1.29 is 9.13 Å². The minimum Gasteiger partial charge on any atom is -0.496 e. The van der Waals surface area contributed by atoms with Gasteiger partial charge in [0.25, 0.3) is 0 Å². The minimum absolute atomic E-state index is 0.0602. The molecule has 0 radical (unpaired) electrons. The maximum absolute atomic E-state index is 13.7. The van der Waals surface area contributed by atoms with Crippen LogP contribution in [0, 0.1) is 5.82 Å². The van der Waals surface area contributed by atoms with E-state index < -0.39 is 0 Å². The van der Waals surface area contributed by atoms with Gasteiger partial charge in [0.2, 0.25) is 0 Å². The molecule has 1 nitrogen and oxygen atoms in total. The summed E-state index contributed by atoms with van der Waals surface area (Å²) < 4.78 is 19.0. The van der Waals surface area contributed by atoms with Crippen molar-refractivity contribution in [3.8, 4) is 5.75 Å². The van der Waals surface area contributed by atoms with Gasteiger partial charge in [0.15, 0.2) is 0 Å². The van der Waals surface area contributed by atoms with Gasteiger partial charge in [-0.3, -0.25) is 0 Å². The summed E-state index contributed by atoms with van der Waals surface area (Å²) in [4.78, 5) is -0.0602. The lowest BCUT2D eigenvalue weighted by atomic mass is 10.0. The third-order valence-corrected chi connectivity index (χ3v) is 3.65. The smallest absolute Gasteiger partial charge is 0.127 e. The van der Waals surface area contributed by atoms with Crippen LogP contribution < -0.4 is 4.74 Å². The van der Waals surface area contributed by atoms with Crippen molar-refractivity contribution in [1.29, 1.82) is 0 Å². The number of benzene rings is 2. The zero-order valence-corrected chi connectivity index (χ0v) is 11.7. The van der Waals surface area contributed by atoms with Crippen LogP contribution in [0.15, 0.2) is 48.5 Å². The molecule has 2 aromatic carbocycles. The predicted molar refractivity (Wildman–Crippen MR) is 74.8 cm³/mol. The Morgan fingerprint density at radius 2 is 1.78 bits per heavy atom. The third-order valence-electron chi connectivity index (χ3n) is 2.83. The molecule has 2 rings (SSSR count). The van der Waals surface area contributed by atoms with Gasteiger partial charge in [0.05, 0.1) is 7.11 Å². The van der Waals surface area contributed by atoms with E-state index in [0.29, 0.717) is 12.0 Å². The van der Waals surface area contributed by atoms with Gasteiger partial charge in [0.1, 0.15) is 11.6 Å². The number of rotatable bonds is 4. The zero-order chi connectivity index (χ0) is 13.0. The van der Waals surface area contributed by atoms with E-state index in [4.69, 9.17) is 4.74 Å². The molecule has 0 amide bonds. The number of hydrogen-bond acceptors (Lipinski definition) is 1. The first-order valence-corrected chi connectivity index (χ1v) is 6.64. The minimum atomic E-state index is -0.186. The fourth-order valence-electron chi connectivity index (χ4n) is 1.90. The molecule has 2 aromatic rings. The topological polar surface area (TPSA) is 9.23 Å². The highest BCUT2D eigenvalue weighted by Gasteiger charge is 2.14. The monoisotopic (exact) mass is 308 g/mol. The summed E-state index contributed by atoms with van der Waals surface area (Å²) in [6, 6.07) is 14.6. The summed E-state index contributed by atoms with van der Waals surface area (Å²) in [5.74, 6) is 0.646. The Morgan fingerprint density at radius 3 is 2.50 bits per heavy atom. The molecule has 0 spiro atoms. The number of methoxy groups -OCH3 is 1. The normalized spacial score (nSPS) is 12.2. The maximum Gasteiger partial charge on any atom is 0.127 e. The maximum atomic E-state index is 13.7. The van der Waals surface area contributed by atoms with Crippen molar-refractivity contribution in [2.75, 3.05) is 7.11 Å². The summed E-state index contributed by atoms with van der Waals surface area (Å²) in [5, 5.41) is 0. The first-order chi connectivity index (χ1) is 8.72. The molecule has 0 heterocycles. The Kier molecular flexibility index (Phi) is 4.37. The molecule has 3 heteroatoms. The number of para-hydroxylation sites is 1. The SMILES string of the molecule is COc1ccccc1CC(Br)c1ccccc1F. The van der Waals surface area contributed by atoms with Gasteiger partial charge in [-0.25, -0.2) is 4.39 Å². The summed E-state index contributed by atoms with van der Waals surface area (Å²) >= 11 is 3.54. The van der Waals surface area contributed by atoms with E-state index in [1.165, 1.54) is 6.07 Å². The van der Waals surface area contributed by atoms with Crippen LogP contribution in [0.4, 0.5) is 4.39 Å². The van der Waals surface area contributed by atoms with Gasteiger partial charge < -0.3 is 4.74 Å².